The van der Waals surface area contributed by atoms with E-state index in [0.717, 1.165) is 6.54 Å². The van der Waals surface area contributed by atoms with E-state index in [2.05, 4.69) is 54.6 Å². The van der Waals surface area contributed by atoms with Crippen molar-refractivity contribution in [1.29, 1.82) is 0 Å². The number of hydrogen-bond acceptors (Lipinski definition) is 2. The van der Waals surface area contributed by atoms with Crippen LogP contribution in [0.25, 0.3) is 10.1 Å². The average Bonchev–Trinajstić information content (AvgIpc) is 2.78. The predicted octanol–water partition coefficient (Wildman–Crippen LogP) is 4.09. The Kier molecular flexibility index (Phi) is 3.23. The van der Waals surface area contributed by atoms with E-state index in [9.17, 15) is 0 Å². The first-order valence-electron chi connectivity index (χ1n) is 6.55. The number of nitrogens with zero attached hydrogens (tertiary/aromatic N) is 1. The van der Waals surface area contributed by atoms with Crippen molar-refractivity contribution in [3.63, 3.8) is 0 Å². The Balaban J connectivity index is 1.86. The molecule has 0 bridgehead atoms. The van der Waals surface area contributed by atoms with Gasteiger partial charge in [-0.25, -0.2) is 0 Å². The fourth-order valence-electron chi connectivity index (χ4n) is 2.73. The van der Waals surface area contributed by atoms with E-state index in [-0.39, 0.29) is 0 Å². The van der Waals surface area contributed by atoms with E-state index in [1.165, 1.54) is 34.1 Å². The lowest BCUT2D eigenvalue weighted by atomic mass is 9.95. The molecule has 94 valence electrons. The second-order valence-corrected chi connectivity index (χ2v) is 6.22. The number of fused-ring (bicyclic) bond motifs is 1. The summed E-state index contributed by atoms with van der Waals surface area (Å²) in [5.74, 6) is 0. The largest absolute Gasteiger partial charge is 0.299 e. The molecule has 1 aromatic heterocycles. The summed E-state index contributed by atoms with van der Waals surface area (Å²) < 4.78 is 1.42. The summed E-state index contributed by atoms with van der Waals surface area (Å²) >= 11 is 1.87. The van der Waals surface area contributed by atoms with Crippen molar-refractivity contribution in [3.05, 3.63) is 46.9 Å². The maximum Gasteiger partial charge on any atom is 0.0345 e. The molecule has 1 aliphatic heterocycles. The first-order valence-corrected chi connectivity index (χ1v) is 7.43. The number of likely N-dealkylation sites (N-methyl/N-ethyl adjacent to an activating group) is 1. The molecule has 3 rings (SSSR count). The normalized spacial score (nSPS) is 21.2. The monoisotopic (exact) mass is 257 g/mol. The fourth-order valence-corrected chi connectivity index (χ4v) is 3.71. The molecule has 0 aliphatic carbocycles. The summed E-state index contributed by atoms with van der Waals surface area (Å²) in [5, 5.41) is 3.79. The van der Waals surface area contributed by atoms with Gasteiger partial charge in [0.05, 0.1) is 0 Å². The van der Waals surface area contributed by atoms with E-state index in [4.69, 9.17) is 0 Å². The summed E-state index contributed by atoms with van der Waals surface area (Å²) in [7, 11) is 2.24. The van der Waals surface area contributed by atoms with Gasteiger partial charge in [-0.05, 0) is 49.2 Å². The SMILES string of the molecule is CC1=CCN(C)C(Cc2csc3ccccc23)C1. The van der Waals surface area contributed by atoms with Crippen LogP contribution in [0.2, 0.25) is 0 Å². The van der Waals surface area contributed by atoms with Gasteiger partial charge in [0.25, 0.3) is 0 Å². The van der Waals surface area contributed by atoms with Crippen molar-refractivity contribution in [2.24, 2.45) is 0 Å². The van der Waals surface area contributed by atoms with Gasteiger partial charge in [0.15, 0.2) is 0 Å². The zero-order valence-electron chi connectivity index (χ0n) is 11.0. The van der Waals surface area contributed by atoms with Crippen LogP contribution in [-0.4, -0.2) is 24.5 Å². The van der Waals surface area contributed by atoms with Crippen LogP contribution >= 0.6 is 11.3 Å². The van der Waals surface area contributed by atoms with Crippen molar-refractivity contribution >= 4 is 21.4 Å². The Hall–Kier alpha value is -1.12. The molecule has 2 heteroatoms. The third-order valence-electron chi connectivity index (χ3n) is 3.93. The Morgan fingerprint density at radius 1 is 1.33 bits per heavy atom. The summed E-state index contributed by atoms with van der Waals surface area (Å²) in [4.78, 5) is 2.47. The van der Waals surface area contributed by atoms with Gasteiger partial charge in [0, 0.05) is 17.3 Å². The minimum absolute atomic E-state index is 0.660. The van der Waals surface area contributed by atoms with E-state index in [1.54, 1.807) is 0 Å². The van der Waals surface area contributed by atoms with Crippen LogP contribution in [0.3, 0.4) is 0 Å². The lowest BCUT2D eigenvalue weighted by Gasteiger charge is -2.31. The molecule has 0 spiro atoms. The first-order chi connectivity index (χ1) is 8.74. The second kappa shape index (κ2) is 4.87. The molecule has 1 atom stereocenters. The molecule has 1 aromatic carbocycles. The van der Waals surface area contributed by atoms with Crippen LogP contribution in [0.1, 0.15) is 18.9 Å². The van der Waals surface area contributed by atoms with Crippen molar-refractivity contribution in [1.82, 2.24) is 4.90 Å². The highest BCUT2D eigenvalue weighted by Gasteiger charge is 2.20. The molecule has 0 saturated carbocycles. The highest BCUT2D eigenvalue weighted by Crippen LogP contribution is 2.29. The summed E-state index contributed by atoms with van der Waals surface area (Å²) in [6.07, 6.45) is 4.73. The standard InChI is InChI=1S/C16H19NS/c1-12-7-8-17(2)14(9-12)10-13-11-18-16-6-4-3-5-15(13)16/h3-7,11,14H,8-10H2,1-2H3. The molecule has 1 nitrogen and oxygen atoms in total. The van der Waals surface area contributed by atoms with Gasteiger partial charge in [-0.15, -0.1) is 11.3 Å². The molecule has 0 N–H and O–H groups in total. The van der Waals surface area contributed by atoms with Crippen molar-refractivity contribution in [3.8, 4) is 0 Å². The van der Waals surface area contributed by atoms with Crippen LogP contribution in [0.4, 0.5) is 0 Å². The van der Waals surface area contributed by atoms with Gasteiger partial charge < -0.3 is 0 Å². The van der Waals surface area contributed by atoms with Crippen molar-refractivity contribution in [2.45, 2.75) is 25.8 Å². The molecule has 18 heavy (non-hydrogen) atoms. The Labute approximate surface area is 113 Å². The molecule has 1 aliphatic rings. The highest BCUT2D eigenvalue weighted by molar-refractivity contribution is 7.17. The Morgan fingerprint density at radius 2 is 2.17 bits per heavy atom. The Bertz CT molecular complexity index is 582. The quantitative estimate of drug-likeness (QED) is 0.732. The Morgan fingerprint density at radius 3 is 3.06 bits per heavy atom. The van der Waals surface area contributed by atoms with E-state index in [0.29, 0.717) is 6.04 Å². The third kappa shape index (κ3) is 2.23. The van der Waals surface area contributed by atoms with Gasteiger partial charge in [0.1, 0.15) is 0 Å². The van der Waals surface area contributed by atoms with Crippen LogP contribution in [0.5, 0.6) is 0 Å². The van der Waals surface area contributed by atoms with Gasteiger partial charge in [-0.1, -0.05) is 29.8 Å². The maximum absolute atomic E-state index is 2.47. The van der Waals surface area contributed by atoms with E-state index in [1.807, 2.05) is 11.3 Å². The smallest absolute Gasteiger partial charge is 0.0345 e. The summed E-state index contributed by atoms with van der Waals surface area (Å²) in [5.41, 5.74) is 3.06. The molecular formula is C16H19NS. The lowest BCUT2D eigenvalue weighted by Crippen LogP contribution is -2.36. The van der Waals surface area contributed by atoms with Gasteiger partial charge in [-0.3, -0.25) is 4.90 Å². The predicted molar refractivity (Wildman–Crippen MR) is 80.3 cm³/mol. The second-order valence-electron chi connectivity index (χ2n) is 5.31. The van der Waals surface area contributed by atoms with Gasteiger partial charge in [0.2, 0.25) is 0 Å². The van der Waals surface area contributed by atoms with Gasteiger partial charge >= 0.3 is 0 Å². The molecule has 1 unspecified atom stereocenters. The van der Waals surface area contributed by atoms with Crippen LogP contribution in [-0.2, 0) is 6.42 Å². The number of hydrogen-bond donors (Lipinski definition) is 0. The number of thiophene rings is 1. The molecule has 0 fully saturated rings. The van der Waals surface area contributed by atoms with E-state index < -0.39 is 0 Å². The van der Waals surface area contributed by atoms with Crippen molar-refractivity contribution in [2.75, 3.05) is 13.6 Å². The molecule has 0 radical (unpaired) electrons. The molecule has 2 heterocycles. The molecular weight excluding hydrogens is 238 g/mol. The zero-order valence-corrected chi connectivity index (χ0v) is 11.8. The van der Waals surface area contributed by atoms with Crippen LogP contribution < -0.4 is 0 Å². The molecule has 0 amide bonds. The first kappa shape index (κ1) is 11.9. The minimum Gasteiger partial charge on any atom is -0.299 e. The van der Waals surface area contributed by atoms with Crippen LogP contribution in [0, 0.1) is 0 Å². The third-order valence-corrected chi connectivity index (χ3v) is 4.94. The van der Waals surface area contributed by atoms with Gasteiger partial charge in [-0.2, -0.15) is 0 Å². The average molecular weight is 257 g/mol. The zero-order chi connectivity index (χ0) is 12.5. The number of rotatable bonds is 2. The summed E-state index contributed by atoms with van der Waals surface area (Å²) in [6, 6.07) is 9.41. The summed E-state index contributed by atoms with van der Waals surface area (Å²) in [6.45, 7) is 3.35. The number of benzene rings is 1. The topological polar surface area (TPSA) is 3.24 Å². The molecule has 0 saturated heterocycles. The van der Waals surface area contributed by atoms with E-state index >= 15 is 0 Å². The highest BCUT2D eigenvalue weighted by atomic mass is 32.1. The minimum atomic E-state index is 0.660. The van der Waals surface area contributed by atoms with Crippen LogP contribution in [0.15, 0.2) is 41.3 Å². The maximum atomic E-state index is 2.47. The van der Waals surface area contributed by atoms with Crippen molar-refractivity contribution < 1.29 is 0 Å². The lowest BCUT2D eigenvalue weighted by molar-refractivity contribution is 0.249. The molecule has 2 aromatic rings. The fraction of sp³-hybridized carbons (Fsp3) is 0.375.